The largest absolute Gasteiger partial charge is 0.490 e. The minimum atomic E-state index is -3.99. The van der Waals surface area contributed by atoms with E-state index in [2.05, 4.69) is 5.32 Å². The van der Waals surface area contributed by atoms with Gasteiger partial charge in [-0.3, -0.25) is 9.59 Å². The van der Waals surface area contributed by atoms with Gasteiger partial charge in [-0.15, -0.1) is 0 Å². The number of rotatable bonds is 8. The Morgan fingerprint density at radius 2 is 1.79 bits per heavy atom. The van der Waals surface area contributed by atoms with E-state index in [9.17, 15) is 18.0 Å². The van der Waals surface area contributed by atoms with Gasteiger partial charge >= 0.3 is 0 Å². The van der Waals surface area contributed by atoms with Gasteiger partial charge in [0.05, 0.1) is 36.0 Å². The van der Waals surface area contributed by atoms with Crippen molar-refractivity contribution < 1.29 is 27.5 Å². The molecule has 3 rings (SSSR count). The molecule has 0 radical (unpaired) electrons. The van der Waals surface area contributed by atoms with Crippen LogP contribution in [0.1, 0.15) is 27.2 Å². The lowest BCUT2D eigenvalue weighted by atomic mass is 10.1. The van der Waals surface area contributed by atoms with E-state index in [-0.39, 0.29) is 17.2 Å². The van der Waals surface area contributed by atoms with Crippen LogP contribution in [-0.4, -0.2) is 57.4 Å². The van der Waals surface area contributed by atoms with Crippen molar-refractivity contribution in [2.24, 2.45) is 0 Å². The molecule has 0 fully saturated rings. The molecule has 0 bridgehead atoms. The summed E-state index contributed by atoms with van der Waals surface area (Å²) in [5.74, 6) is 0.126. The average Bonchev–Trinajstić information content (AvgIpc) is 2.89. The van der Waals surface area contributed by atoms with Crippen molar-refractivity contribution in [2.45, 2.75) is 38.1 Å². The molecule has 2 aromatic carbocycles. The van der Waals surface area contributed by atoms with Crippen LogP contribution < -0.4 is 19.7 Å². The van der Waals surface area contributed by atoms with E-state index < -0.39 is 28.5 Å². The zero-order chi connectivity index (χ0) is 24.2. The molecule has 1 atom stereocenters. The van der Waals surface area contributed by atoms with E-state index in [0.29, 0.717) is 36.1 Å². The number of nitrogens with zero attached hydrogens (tertiary/aromatic N) is 2. The van der Waals surface area contributed by atoms with Crippen LogP contribution in [-0.2, 0) is 19.6 Å². The van der Waals surface area contributed by atoms with Crippen molar-refractivity contribution in [3.05, 3.63) is 42.5 Å². The number of hydrogen-bond acceptors (Lipinski definition) is 6. The van der Waals surface area contributed by atoms with Gasteiger partial charge in [0.2, 0.25) is 21.8 Å². The van der Waals surface area contributed by atoms with Crippen LogP contribution in [0, 0.1) is 0 Å². The predicted octanol–water partition coefficient (Wildman–Crippen LogP) is 2.87. The van der Waals surface area contributed by atoms with E-state index in [1.165, 1.54) is 24.1 Å². The summed E-state index contributed by atoms with van der Waals surface area (Å²) in [4.78, 5) is 26.9. The number of hydrogen-bond donors (Lipinski definition) is 1. The second-order valence-electron chi connectivity index (χ2n) is 7.62. The van der Waals surface area contributed by atoms with Crippen molar-refractivity contribution >= 4 is 33.2 Å². The van der Waals surface area contributed by atoms with Crippen LogP contribution in [0.3, 0.4) is 0 Å². The van der Waals surface area contributed by atoms with Crippen molar-refractivity contribution in [3.63, 3.8) is 0 Å². The zero-order valence-corrected chi connectivity index (χ0v) is 20.0. The molecule has 9 nitrogen and oxygen atoms in total. The summed E-state index contributed by atoms with van der Waals surface area (Å²) in [7, 11) is -2.64. The molecule has 0 aliphatic carbocycles. The van der Waals surface area contributed by atoms with Gasteiger partial charge in [-0.25, -0.2) is 8.42 Å². The smallest absolute Gasteiger partial charge is 0.243 e. The molecule has 0 saturated carbocycles. The molecule has 0 aromatic heterocycles. The maximum absolute atomic E-state index is 13.3. The van der Waals surface area contributed by atoms with Crippen molar-refractivity contribution in [1.82, 2.24) is 4.31 Å². The maximum atomic E-state index is 13.3. The Bertz CT molecular complexity index is 1130. The SMILES string of the molecule is CCOc1ccc(S(=O)(=O)N(C)CC(=O)N2c3ccccc3NC(=O)C[C@H]2C)cc1OCC. The number of carbonyl (C=O) groups excluding carboxylic acids is 2. The molecule has 1 aliphatic rings. The number of amides is 2. The van der Waals surface area contributed by atoms with Crippen LogP contribution >= 0.6 is 0 Å². The highest BCUT2D eigenvalue weighted by Gasteiger charge is 2.32. The Hall–Kier alpha value is -3.11. The third kappa shape index (κ3) is 5.28. The molecular formula is C23H29N3O6S. The van der Waals surface area contributed by atoms with Crippen molar-refractivity contribution in [1.29, 1.82) is 0 Å². The number of benzene rings is 2. The molecule has 2 aromatic rings. The van der Waals surface area contributed by atoms with E-state index >= 15 is 0 Å². The Balaban J connectivity index is 1.87. The van der Waals surface area contributed by atoms with Gasteiger partial charge in [-0.2, -0.15) is 4.31 Å². The molecule has 10 heteroatoms. The van der Waals surface area contributed by atoms with Crippen LogP contribution in [0.4, 0.5) is 11.4 Å². The van der Waals surface area contributed by atoms with E-state index in [4.69, 9.17) is 9.47 Å². The van der Waals surface area contributed by atoms with Crippen LogP contribution in [0.2, 0.25) is 0 Å². The fraction of sp³-hybridized carbons (Fsp3) is 0.391. The molecule has 178 valence electrons. The lowest BCUT2D eigenvalue weighted by molar-refractivity contribution is -0.119. The minimum Gasteiger partial charge on any atom is -0.490 e. The minimum absolute atomic E-state index is 0.00846. The Morgan fingerprint density at radius 3 is 2.48 bits per heavy atom. The number of fused-ring (bicyclic) bond motifs is 1. The first-order valence-corrected chi connectivity index (χ1v) is 12.2. The van der Waals surface area contributed by atoms with Crippen LogP contribution in [0.25, 0.3) is 0 Å². The third-order valence-corrected chi connectivity index (χ3v) is 7.01. The molecule has 2 amide bonds. The number of para-hydroxylation sites is 2. The van der Waals surface area contributed by atoms with Gasteiger partial charge in [0.25, 0.3) is 0 Å². The second kappa shape index (κ2) is 10.2. The molecule has 1 N–H and O–H groups in total. The molecule has 0 spiro atoms. The van der Waals surface area contributed by atoms with Crippen molar-refractivity contribution in [2.75, 3.05) is 37.0 Å². The van der Waals surface area contributed by atoms with Crippen molar-refractivity contribution in [3.8, 4) is 11.5 Å². The number of ether oxygens (including phenoxy) is 2. The first-order chi connectivity index (χ1) is 15.7. The normalized spacial score (nSPS) is 16.1. The van der Waals surface area contributed by atoms with Gasteiger partial charge in [0.15, 0.2) is 11.5 Å². The zero-order valence-electron chi connectivity index (χ0n) is 19.2. The molecule has 33 heavy (non-hydrogen) atoms. The van der Waals surface area contributed by atoms with E-state index in [0.717, 1.165) is 4.31 Å². The molecule has 0 unspecified atom stereocenters. The van der Waals surface area contributed by atoms with Gasteiger partial charge in [-0.1, -0.05) is 12.1 Å². The Kier molecular flexibility index (Phi) is 7.60. The lowest BCUT2D eigenvalue weighted by Crippen LogP contribution is -2.45. The number of nitrogens with one attached hydrogen (secondary N) is 1. The Labute approximate surface area is 194 Å². The highest BCUT2D eigenvalue weighted by Crippen LogP contribution is 2.33. The summed E-state index contributed by atoms with van der Waals surface area (Å²) in [5.41, 5.74) is 1.05. The second-order valence-corrected chi connectivity index (χ2v) is 9.66. The highest BCUT2D eigenvalue weighted by molar-refractivity contribution is 7.89. The third-order valence-electron chi connectivity index (χ3n) is 5.21. The molecule has 1 heterocycles. The number of likely N-dealkylation sites (N-methyl/N-ethyl adjacent to an activating group) is 1. The fourth-order valence-corrected chi connectivity index (χ4v) is 4.83. The summed E-state index contributed by atoms with van der Waals surface area (Å²) in [5, 5.41) is 2.79. The van der Waals surface area contributed by atoms with Crippen LogP contribution in [0.5, 0.6) is 11.5 Å². The first kappa shape index (κ1) is 24.5. The number of anilines is 2. The Morgan fingerprint density at radius 1 is 1.12 bits per heavy atom. The van der Waals surface area contributed by atoms with Gasteiger partial charge in [-0.05, 0) is 45.0 Å². The maximum Gasteiger partial charge on any atom is 0.243 e. The highest BCUT2D eigenvalue weighted by atomic mass is 32.2. The van der Waals surface area contributed by atoms with E-state index in [1.54, 1.807) is 44.2 Å². The molecular weight excluding hydrogens is 446 g/mol. The van der Waals surface area contributed by atoms with E-state index in [1.807, 2.05) is 6.92 Å². The summed E-state index contributed by atoms with van der Waals surface area (Å²) in [6.45, 7) is 5.73. The molecule has 0 saturated heterocycles. The topological polar surface area (TPSA) is 105 Å². The predicted molar refractivity (Wildman–Crippen MR) is 125 cm³/mol. The number of sulfonamides is 1. The monoisotopic (exact) mass is 475 g/mol. The quantitative estimate of drug-likeness (QED) is 0.630. The lowest BCUT2D eigenvalue weighted by Gasteiger charge is -2.29. The number of carbonyl (C=O) groups is 2. The fourth-order valence-electron chi connectivity index (χ4n) is 3.69. The summed E-state index contributed by atoms with van der Waals surface area (Å²) >= 11 is 0. The summed E-state index contributed by atoms with van der Waals surface area (Å²) in [6.07, 6.45) is 0.105. The van der Waals surface area contributed by atoms with Gasteiger partial charge < -0.3 is 19.7 Å². The standard InChI is InChI=1S/C23H29N3O6S/c1-5-31-20-12-11-17(14-21(20)32-6-2)33(29,30)25(4)15-23(28)26-16(3)13-22(27)24-18-9-7-8-10-19(18)26/h7-12,14,16H,5-6,13,15H2,1-4H3,(H,24,27)/t16-/m1/s1. The van der Waals surface area contributed by atoms with Gasteiger partial charge in [0, 0.05) is 25.6 Å². The average molecular weight is 476 g/mol. The summed E-state index contributed by atoms with van der Waals surface area (Å²) in [6, 6.07) is 10.9. The summed E-state index contributed by atoms with van der Waals surface area (Å²) < 4.78 is 38.5. The van der Waals surface area contributed by atoms with Crippen LogP contribution in [0.15, 0.2) is 47.4 Å². The van der Waals surface area contributed by atoms with Gasteiger partial charge in [0.1, 0.15) is 0 Å². The first-order valence-electron chi connectivity index (χ1n) is 10.8. The molecule has 1 aliphatic heterocycles.